The highest BCUT2D eigenvalue weighted by atomic mass is 35.5. The maximum absolute atomic E-state index is 10.8. The smallest absolute Gasteiger partial charge is 0.352 e. The van der Waals surface area contributed by atoms with Gasteiger partial charge in [-0.05, 0) is 12.1 Å². The monoisotopic (exact) mass is 259 g/mol. The van der Waals surface area contributed by atoms with Crippen LogP contribution in [0.15, 0.2) is 12.1 Å². The summed E-state index contributed by atoms with van der Waals surface area (Å²) in [6, 6.07) is 3.02. The van der Waals surface area contributed by atoms with Gasteiger partial charge in [-0.15, -0.1) is 0 Å². The Hall–Kier alpha value is -1.39. The van der Waals surface area contributed by atoms with Crippen molar-refractivity contribution in [1.82, 2.24) is 4.98 Å². The molecule has 6 heteroatoms. The molecule has 0 aliphatic rings. The second kappa shape index (κ2) is 3.88. The third-order valence-electron chi connectivity index (χ3n) is 2.21. The summed E-state index contributed by atoms with van der Waals surface area (Å²) in [4.78, 5) is 13.5. The average Bonchev–Trinajstić information content (AvgIpc) is 2.62. The number of hydrogen-bond donors (Lipinski definition) is 2. The number of methoxy groups -OCH3 is 1. The summed E-state index contributed by atoms with van der Waals surface area (Å²) in [5.41, 5.74) is 0.620. The number of carboxylic acid groups (broad SMARTS) is 1. The van der Waals surface area contributed by atoms with Crippen molar-refractivity contribution < 1.29 is 14.6 Å². The Kier molecular flexibility index (Phi) is 2.69. The second-order valence-corrected chi connectivity index (χ2v) is 3.94. The van der Waals surface area contributed by atoms with Gasteiger partial charge in [-0.1, -0.05) is 23.2 Å². The van der Waals surface area contributed by atoms with E-state index in [4.69, 9.17) is 33.0 Å². The fourth-order valence-corrected chi connectivity index (χ4v) is 2.15. The molecule has 0 unspecified atom stereocenters. The van der Waals surface area contributed by atoms with E-state index in [1.165, 1.54) is 13.2 Å². The first kappa shape index (κ1) is 11.1. The molecule has 1 aromatic carbocycles. The summed E-state index contributed by atoms with van der Waals surface area (Å²) >= 11 is 12.0. The van der Waals surface area contributed by atoms with Crippen molar-refractivity contribution in [3.63, 3.8) is 0 Å². The molecule has 0 saturated heterocycles. The van der Waals surface area contributed by atoms with Gasteiger partial charge in [0.15, 0.2) is 5.75 Å². The maximum atomic E-state index is 10.8. The number of aromatic carboxylic acids is 1. The zero-order chi connectivity index (χ0) is 11.9. The lowest BCUT2D eigenvalue weighted by atomic mass is 10.2. The molecule has 0 amide bonds. The zero-order valence-corrected chi connectivity index (χ0v) is 9.69. The summed E-state index contributed by atoms with van der Waals surface area (Å²) in [5.74, 6) is -0.714. The molecule has 0 spiro atoms. The van der Waals surface area contributed by atoms with E-state index in [0.29, 0.717) is 26.7 Å². The quantitative estimate of drug-likeness (QED) is 0.871. The molecule has 84 valence electrons. The first-order valence-corrected chi connectivity index (χ1v) is 5.08. The molecule has 2 N–H and O–H groups in total. The molecule has 1 aromatic heterocycles. The number of benzene rings is 1. The highest BCUT2D eigenvalue weighted by molar-refractivity contribution is 6.41. The van der Waals surface area contributed by atoms with Crippen LogP contribution in [0.3, 0.4) is 0 Å². The van der Waals surface area contributed by atoms with E-state index in [-0.39, 0.29) is 5.69 Å². The minimum Gasteiger partial charge on any atom is -0.494 e. The minimum atomic E-state index is -1.05. The minimum absolute atomic E-state index is 0.0567. The van der Waals surface area contributed by atoms with Crippen LogP contribution in [0.25, 0.3) is 10.9 Å². The number of H-pyrrole nitrogens is 1. The predicted molar refractivity (Wildman–Crippen MR) is 61.8 cm³/mol. The van der Waals surface area contributed by atoms with Gasteiger partial charge < -0.3 is 14.8 Å². The van der Waals surface area contributed by atoms with Crippen molar-refractivity contribution in [3.8, 4) is 5.75 Å². The van der Waals surface area contributed by atoms with E-state index in [1.807, 2.05) is 0 Å². The molecule has 0 atom stereocenters. The van der Waals surface area contributed by atoms with Gasteiger partial charge in [0.05, 0.1) is 17.2 Å². The first-order valence-electron chi connectivity index (χ1n) is 4.32. The van der Waals surface area contributed by atoms with Crippen LogP contribution in [0, 0.1) is 0 Å². The van der Waals surface area contributed by atoms with Crippen LogP contribution < -0.4 is 4.74 Å². The Labute approximate surface area is 101 Å². The molecule has 1 heterocycles. The molecule has 16 heavy (non-hydrogen) atoms. The van der Waals surface area contributed by atoms with Crippen molar-refractivity contribution >= 4 is 40.1 Å². The second-order valence-electron chi connectivity index (χ2n) is 3.16. The Morgan fingerprint density at radius 2 is 2.12 bits per heavy atom. The molecule has 2 aromatic rings. The lowest BCUT2D eigenvalue weighted by molar-refractivity contribution is 0.0691. The Balaban J connectivity index is 2.78. The van der Waals surface area contributed by atoms with Crippen molar-refractivity contribution in [2.75, 3.05) is 7.11 Å². The SMILES string of the molecule is COc1c(Cl)cc2[nH]c(C(=O)O)cc2c1Cl. The highest BCUT2D eigenvalue weighted by Crippen LogP contribution is 2.39. The molecule has 4 nitrogen and oxygen atoms in total. The number of carboxylic acids is 1. The van der Waals surface area contributed by atoms with E-state index in [1.54, 1.807) is 6.07 Å². The van der Waals surface area contributed by atoms with Crippen LogP contribution in [0.1, 0.15) is 10.5 Å². The average molecular weight is 260 g/mol. The van der Waals surface area contributed by atoms with Gasteiger partial charge in [-0.3, -0.25) is 0 Å². The van der Waals surface area contributed by atoms with E-state index in [9.17, 15) is 4.79 Å². The number of rotatable bonds is 2. The van der Waals surface area contributed by atoms with E-state index >= 15 is 0 Å². The molecule has 0 fully saturated rings. The number of aromatic amines is 1. The molecule has 0 saturated carbocycles. The topological polar surface area (TPSA) is 62.3 Å². The molecule has 0 aliphatic heterocycles. The van der Waals surface area contributed by atoms with Gasteiger partial charge in [0.2, 0.25) is 0 Å². The summed E-state index contributed by atoms with van der Waals surface area (Å²) in [7, 11) is 1.45. The van der Waals surface area contributed by atoms with Crippen LogP contribution in [0.4, 0.5) is 0 Å². The summed E-state index contributed by atoms with van der Waals surface area (Å²) < 4.78 is 5.03. The summed E-state index contributed by atoms with van der Waals surface area (Å²) in [5, 5.41) is 10.0. The zero-order valence-electron chi connectivity index (χ0n) is 8.17. The molecular weight excluding hydrogens is 253 g/mol. The van der Waals surface area contributed by atoms with Crippen LogP contribution in [0.2, 0.25) is 10.0 Å². The van der Waals surface area contributed by atoms with Crippen LogP contribution in [-0.4, -0.2) is 23.2 Å². The van der Waals surface area contributed by atoms with Crippen LogP contribution in [-0.2, 0) is 0 Å². The number of hydrogen-bond acceptors (Lipinski definition) is 2. The van der Waals surface area contributed by atoms with Crippen molar-refractivity contribution in [1.29, 1.82) is 0 Å². The molecule has 0 aliphatic carbocycles. The van der Waals surface area contributed by atoms with Gasteiger partial charge in [0.1, 0.15) is 5.69 Å². The number of carbonyl (C=O) groups is 1. The Morgan fingerprint density at radius 3 is 2.69 bits per heavy atom. The van der Waals surface area contributed by atoms with Crippen LogP contribution in [0.5, 0.6) is 5.75 Å². The number of halogens is 2. The fourth-order valence-electron chi connectivity index (χ4n) is 1.49. The van der Waals surface area contributed by atoms with Gasteiger partial charge in [-0.25, -0.2) is 4.79 Å². The van der Waals surface area contributed by atoms with Gasteiger partial charge in [0.25, 0.3) is 0 Å². The normalized spacial score (nSPS) is 10.7. The van der Waals surface area contributed by atoms with Crippen molar-refractivity contribution in [3.05, 3.63) is 27.9 Å². The number of fused-ring (bicyclic) bond motifs is 1. The first-order chi connectivity index (χ1) is 7.54. The maximum Gasteiger partial charge on any atom is 0.352 e. The molecule has 0 bridgehead atoms. The Bertz CT molecular complexity index is 577. The number of nitrogens with one attached hydrogen (secondary N) is 1. The third-order valence-corrected chi connectivity index (χ3v) is 2.86. The lowest BCUT2D eigenvalue weighted by Gasteiger charge is -2.05. The highest BCUT2D eigenvalue weighted by Gasteiger charge is 2.15. The van der Waals surface area contributed by atoms with Gasteiger partial charge in [-0.2, -0.15) is 0 Å². The van der Waals surface area contributed by atoms with E-state index in [2.05, 4.69) is 4.98 Å². The predicted octanol–water partition coefficient (Wildman–Crippen LogP) is 3.18. The van der Waals surface area contributed by atoms with E-state index in [0.717, 1.165) is 0 Å². The Morgan fingerprint density at radius 1 is 1.44 bits per heavy atom. The van der Waals surface area contributed by atoms with Crippen molar-refractivity contribution in [2.45, 2.75) is 0 Å². The largest absolute Gasteiger partial charge is 0.494 e. The van der Waals surface area contributed by atoms with Crippen LogP contribution >= 0.6 is 23.2 Å². The fraction of sp³-hybridized carbons (Fsp3) is 0.100. The number of ether oxygens (including phenoxy) is 1. The van der Waals surface area contributed by atoms with Gasteiger partial charge >= 0.3 is 5.97 Å². The molecule has 0 radical (unpaired) electrons. The van der Waals surface area contributed by atoms with E-state index < -0.39 is 5.97 Å². The summed E-state index contributed by atoms with van der Waals surface area (Å²) in [6.07, 6.45) is 0. The molecule has 2 rings (SSSR count). The van der Waals surface area contributed by atoms with Crippen molar-refractivity contribution in [2.24, 2.45) is 0 Å². The lowest BCUT2D eigenvalue weighted by Crippen LogP contribution is -1.94. The standard InChI is InChI=1S/C10H7Cl2NO3/c1-16-9-5(11)3-6-4(8(9)12)2-7(13-6)10(14)15/h2-3,13H,1H3,(H,14,15). The van der Waals surface area contributed by atoms with Gasteiger partial charge in [0, 0.05) is 10.9 Å². The third kappa shape index (κ3) is 1.60. The number of aromatic nitrogens is 1. The molecular formula is C10H7Cl2NO3. The summed E-state index contributed by atoms with van der Waals surface area (Å²) in [6.45, 7) is 0.